The highest BCUT2D eigenvalue weighted by Gasteiger charge is 2.31. The monoisotopic (exact) mass is 774 g/mol. The molecule has 0 unspecified atom stereocenters. The number of fused-ring (bicyclic) bond motifs is 1. The van der Waals surface area contributed by atoms with Crippen molar-refractivity contribution in [2.45, 2.75) is 26.8 Å². The zero-order chi connectivity index (χ0) is 28.3. The van der Waals surface area contributed by atoms with E-state index < -0.39 is 18.0 Å². The Morgan fingerprint density at radius 1 is 1.10 bits per heavy atom. The van der Waals surface area contributed by atoms with Gasteiger partial charge in [-0.05, 0) is 94.9 Å². The molecular formula is C27H24I2N2O7S. The van der Waals surface area contributed by atoms with Gasteiger partial charge in [0.15, 0.2) is 22.0 Å². The normalized spacial score (nSPS) is 14.7. The maximum atomic E-state index is 13.9. The number of hydrogen-bond donors (Lipinski definition) is 0. The minimum Gasteiger partial charge on any atom is -0.490 e. The number of esters is 2. The Morgan fingerprint density at radius 3 is 2.49 bits per heavy atom. The molecule has 0 bridgehead atoms. The Labute approximate surface area is 255 Å². The smallest absolute Gasteiger partial charge is 0.337 e. The van der Waals surface area contributed by atoms with Crippen LogP contribution in [0.1, 0.15) is 37.9 Å². The summed E-state index contributed by atoms with van der Waals surface area (Å²) in [6.45, 7) is 5.93. The van der Waals surface area contributed by atoms with E-state index in [1.54, 1.807) is 24.3 Å². The largest absolute Gasteiger partial charge is 0.490 e. The molecule has 1 aromatic heterocycles. The Bertz CT molecular complexity index is 1660. The number of thiazole rings is 1. The second-order valence-corrected chi connectivity index (χ2v) is 11.6. The molecule has 3 aromatic rings. The van der Waals surface area contributed by atoms with Crippen molar-refractivity contribution < 1.29 is 28.5 Å². The average molecular weight is 774 g/mol. The lowest BCUT2D eigenvalue weighted by molar-refractivity contribution is -0.136. The number of ether oxygens (including phenoxy) is 4. The number of methoxy groups -OCH3 is 1. The van der Waals surface area contributed by atoms with Crippen LogP contribution in [0.25, 0.3) is 6.08 Å². The summed E-state index contributed by atoms with van der Waals surface area (Å²) in [7, 11) is 1.28. The van der Waals surface area contributed by atoms with Gasteiger partial charge in [0, 0.05) is 22.3 Å². The summed E-state index contributed by atoms with van der Waals surface area (Å²) >= 11 is 5.43. The SMILES string of the molecule is CCOc1ccc([C@H]2C(C(=O)OC)=CN=c3s/c(=C/c4cc(I)cc(I)c4OC(C)=O)c(=O)n32)cc1OCC. The molecule has 12 heteroatoms. The summed E-state index contributed by atoms with van der Waals surface area (Å²) in [5.74, 6) is 0.363. The standard InChI is InChI=1S/C27H24I2N2O7S/c1-5-36-20-8-7-15(10-21(20)37-6-2)23-18(26(34)35-4)13-30-27-31(23)25(33)22(39-27)11-16-9-17(28)12-19(29)24(16)38-14(3)32/h7-13,23H,5-6H2,1-4H3/b22-11+/t23-/m0/s1. The first kappa shape index (κ1) is 29.3. The van der Waals surface area contributed by atoms with Gasteiger partial charge in [-0.2, -0.15) is 0 Å². The summed E-state index contributed by atoms with van der Waals surface area (Å²) in [4.78, 5) is 43.2. The van der Waals surface area contributed by atoms with E-state index in [4.69, 9.17) is 18.9 Å². The van der Waals surface area contributed by atoms with Crippen LogP contribution in [0.5, 0.6) is 17.2 Å². The van der Waals surface area contributed by atoms with E-state index in [1.807, 2.05) is 26.0 Å². The minimum absolute atomic E-state index is 0.201. The van der Waals surface area contributed by atoms with Crippen LogP contribution in [-0.2, 0) is 14.3 Å². The van der Waals surface area contributed by atoms with E-state index in [0.29, 0.717) is 50.9 Å². The predicted octanol–water partition coefficient (Wildman–Crippen LogP) is 3.95. The fraction of sp³-hybridized carbons (Fsp3) is 0.259. The van der Waals surface area contributed by atoms with Crippen LogP contribution >= 0.6 is 56.5 Å². The van der Waals surface area contributed by atoms with E-state index in [0.717, 1.165) is 7.14 Å². The molecule has 2 aromatic carbocycles. The van der Waals surface area contributed by atoms with Crippen molar-refractivity contribution in [2.24, 2.45) is 4.99 Å². The van der Waals surface area contributed by atoms with Crippen molar-refractivity contribution in [3.05, 3.63) is 80.1 Å². The maximum Gasteiger partial charge on any atom is 0.337 e. The lowest BCUT2D eigenvalue weighted by atomic mass is 9.97. The molecule has 204 valence electrons. The number of carbonyl (C=O) groups is 2. The minimum atomic E-state index is -0.810. The first-order valence-corrected chi connectivity index (χ1v) is 14.8. The van der Waals surface area contributed by atoms with Gasteiger partial charge in [-0.25, -0.2) is 9.79 Å². The van der Waals surface area contributed by atoms with Crippen molar-refractivity contribution >= 4 is 74.5 Å². The van der Waals surface area contributed by atoms with Gasteiger partial charge in [0.1, 0.15) is 0 Å². The number of hydrogen-bond acceptors (Lipinski definition) is 9. The summed E-state index contributed by atoms with van der Waals surface area (Å²) in [6.07, 6.45) is 3.11. The number of rotatable bonds is 8. The number of nitrogens with zero attached hydrogens (tertiary/aromatic N) is 2. The molecule has 4 rings (SSSR count). The van der Waals surface area contributed by atoms with Crippen LogP contribution < -0.4 is 29.1 Å². The maximum absolute atomic E-state index is 13.9. The molecule has 2 heterocycles. The van der Waals surface area contributed by atoms with E-state index >= 15 is 0 Å². The van der Waals surface area contributed by atoms with E-state index in [-0.39, 0.29) is 11.1 Å². The molecule has 0 fully saturated rings. The molecule has 0 radical (unpaired) electrons. The molecule has 0 amide bonds. The highest BCUT2D eigenvalue weighted by Crippen LogP contribution is 2.35. The number of carbonyl (C=O) groups excluding carboxylic acids is 2. The van der Waals surface area contributed by atoms with Gasteiger partial charge in [-0.1, -0.05) is 17.4 Å². The van der Waals surface area contributed by atoms with Crippen molar-refractivity contribution in [3.8, 4) is 17.2 Å². The number of halogens is 2. The fourth-order valence-corrected chi connectivity index (χ4v) is 7.03. The molecule has 0 spiro atoms. The molecule has 9 nitrogen and oxygen atoms in total. The molecule has 1 aliphatic rings. The summed E-state index contributed by atoms with van der Waals surface area (Å²) < 4.78 is 25.4. The Morgan fingerprint density at radius 2 is 1.82 bits per heavy atom. The third kappa shape index (κ3) is 6.22. The van der Waals surface area contributed by atoms with Gasteiger partial charge < -0.3 is 18.9 Å². The van der Waals surface area contributed by atoms with E-state index in [9.17, 15) is 14.4 Å². The summed E-state index contributed by atoms with van der Waals surface area (Å²) in [5, 5.41) is 0. The Hall–Kier alpha value is -2.72. The zero-order valence-corrected chi connectivity index (χ0v) is 26.6. The number of aromatic nitrogens is 1. The van der Waals surface area contributed by atoms with Crippen LogP contribution in [0.15, 0.2) is 51.9 Å². The zero-order valence-electron chi connectivity index (χ0n) is 21.4. The second kappa shape index (κ2) is 12.6. The quantitative estimate of drug-likeness (QED) is 0.194. The van der Waals surface area contributed by atoms with Gasteiger partial charge >= 0.3 is 11.9 Å². The third-order valence-corrected chi connectivity index (χ3v) is 8.00. The van der Waals surface area contributed by atoms with Gasteiger partial charge in [-0.3, -0.25) is 14.2 Å². The summed E-state index contributed by atoms with van der Waals surface area (Å²) in [5.41, 5.74) is 1.06. The summed E-state index contributed by atoms with van der Waals surface area (Å²) in [6, 6.07) is 8.21. The predicted molar refractivity (Wildman–Crippen MR) is 163 cm³/mol. The van der Waals surface area contributed by atoms with Crippen molar-refractivity contribution in [3.63, 3.8) is 0 Å². The van der Waals surface area contributed by atoms with Crippen molar-refractivity contribution in [2.75, 3.05) is 20.3 Å². The topological polar surface area (TPSA) is 105 Å². The Kier molecular flexibility index (Phi) is 9.48. The highest BCUT2D eigenvalue weighted by molar-refractivity contribution is 14.1. The fourth-order valence-electron chi connectivity index (χ4n) is 4.07. The first-order chi connectivity index (χ1) is 18.7. The van der Waals surface area contributed by atoms with E-state index in [2.05, 4.69) is 50.2 Å². The second-order valence-electron chi connectivity index (χ2n) is 8.15. The molecule has 0 aliphatic carbocycles. The molecule has 0 N–H and O–H groups in total. The van der Waals surface area contributed by atoms with Crippen LogP contribution in [-0.4, -0.2) is 36.8 Å². The Balaban J connectivity index is 1.94. The molecular weight excluding hydrogens is 750 g/mol. The molecule has 0 saturated carbocycles. The van der Waals surface area contributed by atoms with Crippen LogP contribution in [0.4, 0.5) is 0 Å². The first-order valence-electron chi connectivity index (χ1n) is 11.8. The van der Waals surface area contributed by atoms with Crippen LogP contribution in [0, 0.1) is 7.14 Å². The lowest BCUT2D eigenvalue weighted by Crippen LogP contribution is -2.39. The molecule has 1 atom stereocenters. The van der Waals surface area contributed by atoms with Gasteiger partial charge in [-0.15, -0.1) is 0 Å². The molecule has 1 aliphatic heterocycles. The van der Waals surface area contributed by atoms with Gasteiger partial charge in [0.25, 0.3) is 5.56 Å². The van der Waals surface area contributed by atoms with Crippen LogP contribution in [0.2, 0.25) is 0 Å². The average Bonchev–Trinajstić information content (AvgIpc) is 3.21. The van der Waals surface area contributed by atoms with Gasteiger partial charge in [0.2, 0.25) is 0 Å². The molecule has 0 saturated heterocycles. The molecule has 39 heavy (non-hydrogen) atoms. The number of benzene rings is 2. The lowest BCUT2D eigenvalue weighted by Gasteiger charge is -2.23. The van der Waals surface area contributed by atoms with Crippen LogP contribution in [0.3, 0.4) is 0 Å². The van der Waals surface area contributed by atoms with Crippen molar-refractivity contribution in [1.82, 2.24) is 4.57 Å². The van der Waals surface area contributed by atoms with Gasteiger partial charge in [0.05, 0.1) is 40.0 Å². The van der Waals surface area contributed by atoms with E-state index in [1.165, 1.54) is 36.1 Å². The highest BCUT2D eigenvalue weighted by atomic mass is 127. The van der Waals surface area contributed by atoms with Crippen molar-refractivity contribution in [1.29, 1.82) is 0 Å². The third-order valence-electron chi connectivity index (χ3n) is 5.58.